The Balaban J connectivity index is 1.58. The van der Waals surface area contributed by atoms with Crippen LogP contribution in [0.2, 0.25) is 0 Å². The van der Waals surface area contributed by atoms with E-state index in [1.807, 2.05) is 0 Å². The molecule has 9 heteroatoms. The highest BCUT2D eigenvalue weighted by molar-refractivity contribution is 7.92. The Morgan fingerprint density at radius 3 is 2.31 bits per heavy atom. The van der Waals surface area contributed by atoms with E-state index in [2.05, 4.69) is 11.4 Å². The zero-order chi connectivity index (χ0) is 20.8. The van der Waals surface area contributed by atoms with Gasteiger partial charge in [0.25, 0.3) is 0 Å². The van der Waals surface area contributed by atoms with Crippen LogP contribution in [0.25, 0.3) is 0 Å². The van der Waals surface area contributed by atoms with Gasteiger partial charge in [0, 0.05) is 13.1 Å². The van der Waals surface area contributed by atoms with E-state index >= 15 is 0 Å². The van der Waals surface area contributed by atoms with Gasteiger partial charge < -0.3 is 15.3 Å². The lowest BCUT2D eigenvalue weighted by atomic mass is 9.92. The lowest BCUT2D eigenvalue weighted by molar-refractivity contribution is -0.149. The zero-order valence-corrected chi connectivity index (χ0v) is 16.6. The van der Waals surface area contributed by atoms with Gasteiger partial charge in [-0.1, -0.05) is 18.2 Å². The predicted octanol–water partition coefficient (Wildman–Crippen LogP) is 0.231. The summed E-state index contributed by atoms with van der Waals surface area (Å²) in [5.74, 6) is -2.33. The Morgan fingerprint density at radius 1 is 1.14 bits per heavy atom. The maximum Gasteiger partial charge on any atom is 0.226 e. The van der Waals surface area contributed by atoms with Crippen LogP contribution < -0.4 is 5.32 Å². The highest BCUT2D eigenvalue weighted by Gasteiger charge is 2.52. The van der Waals surface area contributed by atoms with Gasteiger partial charge in [-0.15, -0.1) is 0 Å². The minimum Gasteiger partial charge on any atom is -0.389 e. The quantitative estimate of drug-likeness (QED) is 0.706. The maximum absolute atomic E-state index is 13.1. The number of sulfone groups is 1. The number of benzene rings is 1. The van der Waals surface area contributed by atoms with E-state index in [1.165, 1.54) is 17.0 Å². The molecule has 3 aliphatic rings. The molecule has 2 aliphatic carbocycles. The summed E-state index contributed by atoms with van der Waals surface area (Å²) in [6.45, 7) is 0.393. The number of amides is 2. The number of β-amino-alcohol motifs (C(OH)–C–C–N with tert-alkyl or cyclic N) is 1. The molecule has 0 aromatic heterocycles. The third kappa shape index (κ3) is 3.63. The first-order valence-corrected chi connectivity index (χ1v) is 11.3. The van der Waals surface area contributed by atoms with Gasteiger partial charge in [0.1, 0.15) is 5.54 Å². The Labute approximate surface area is 169 Å². The number of hydrogen-bond acceptors (Lipinski definition) is 6. The van der Waals surface area contributed by atoms with Crippen LogP contribution in [-0.4, -0.2) is 60.2 Å². The van der Waals surface area contributed by atoms with Crippen LogP contribution >= 0.6 is 0 Å². The number of rotatable bonds is 5. The summed E-state index contributed by atoms with van der Waals surface area (Å²) in [5.41, 5.74) is -0.881. The molecule has 1 aromatic carbocycles. The van der Waals surface area contributed by atoms with E-state index in [1.54, 1.807) is 18.2 Å². The summed E-state index contributed by atoms with van der Waals surface area (Å²) in [6, 6.07) is 10.1. The molecule has 4 rings (SSSR count). The normalized spacial score (nSPS) is 28.3. The van der Waals surface area contributed by atoms with Gasteiger partial charge in [0.05, 0.1) is 34.2 Å². The monoisotopic (exact) mass is 417 g/mol. The van der Waals surface area contributed by atoms with Crippen LogP contribution in [0.1, 0.15) is 25.7 Å². The molecule has 0 spiro atoms. The molecule has 0 unspecified atom stereocenters. The fourth-order valence-corrected chi connectivity index (χ4v) is 6.04. The summed E-state index contributed by atoms with van der Waals surface area (Å²) in [5, 5.41) is 20.6. The second-order valence-corrected chi connectivity index (χ2v) is 10.5. The first-order valence-electron chi connectivity index (χ1n) is 9.75. The standard InChI is InChI=1S/C20H23N3O5S/c21-12-20(6-7-20)22-18(25)16-8-15(29(27,28)14-4-2-1-3-5-14)9-17(16)19(26)23-10-13(24)11-23/h1-5,13,15-17,24H,6-11H2,(H,22,25)/t15-,16-,17-/m1/s1. The second kappa shape index (κ2) is 7.11. The van der Waals surface area contributed by atoms with E-state index in [9.17, 15) is 28.4 Å². The summed E-state index contributed by atoms with van der Waals surface area (Å²) in [4.78, 5) is 27.5. The van der Waals surface area contributed by atoms with Crippen molar-refractivity contribution in [2.45, 2.75) is 47.5 Å². The molecule has 1 aromatic rings. The van der Waals surface area contributed by atoms with Crippen molar-refractivity contribution in [2.24, 2.45) is 11.8 Å². The van der Waals surface area contributed by atoms with Gasteiger partial charge in [-0.05, 0) is 37.8 Å². The highest BCUT2D eigenvalue weighted by atomic mass is 32.2. The van der Waals surface area contributed by atoms with Crippen molar-refractivity contribution in [3.63, 3.8) is 0 Å². The number of carbonyl (C=O) groups excluding carboxylic acids is 2. The SMILES string of the molecule is N#CC1(NC(=O)[C@@H]2C[C@@H](S(=O)(=O)c3ccccc3)C[C@H]2C(=O)N2CC(O)C2)CC1. The van der Waals surface area contributed by atoms with Crippen LogP contribution in [0.15, 0.2) is 35.2 Å². The molecule has 8 nitrogen and oxygen atoms in total. The van der Waals surface area contributed by atoms with Gasteiger partial charge in [0.2, 0.25) is 11.8 Å². The van der Waals surface area contributed by atoms with E-state index in [0.29, 0.717) is 12.8 Å². The molecule has 2 amide bonds. The molecule has 1 saturated heterocycles. The van der Waals surface area contributed by atoms with Crippen molar-refractivity contribution in [3.05, 3.63) is 30.3 Å². The third-order valence-corrected chi connectivity index (χ3v) is 8.38. The first kappa shape index (κ1) is 19.9. The topological polar surface area (TPSA) is 128 Å². The molecule has 2 saturated carbocycles. The van der Waals surface area contributed by atoms with Crippen LogP contribution in [0.3, 0.4) is 0 Å². The van der Waals surface area contributed by atoms with Crippen LogP contribution in [0, 0.1) is 23.2 Å². The Bertz CT molecular complexity index is 962. The average molecular weight is 417 g/mol. The van der Waals surface area contributed by atoms with Crippen LogP contribution in [0.4, 0.5) is 0 Å². The summed E-state index contributed by atoms with van der Waals surface area (Å²) >= 11 is 0. The van der Waals surface area contributed by atoms with Gasteiger partial charge >= 0.3 is 0 Å². The second-order valence-electron chi connectivity index (χ2n) is 8.24. The number of nitrogens with one attached hydrogen (secondary N) is 1. The fourth-order valence-electron chi connectivity index (χ4n) is 4.20. The molecule has 0 radical (unpaired) electrons. The Morgan fingerprint density at radius 2 is 1.76 bits per heavy atom. The summed E-state index contributed by atoms with van der Waals surface area (Å²) < 4.78 is 26.2. The summed E-state index contributed by atoms with van der Waals surface area (Å²) in [6.07, 6.45) is 0.636. The first-order chi connectivity index (χ1) is 13.8. The van der Waals surface area contributed by atoms with Crippen molar-refractivity contribution >= 4 is 21.7 Å². The number of nitrogens with zero attached hydrogens (tertiary/aromatic N) is 2. The van der Waals surface area contributed by atoms with Crippen molar-refractivity contribution in [2.75, 3.05) is 13.1 Å². The molecule has 154 valence electrons. The van der Waals surface area contributed by atoms with E-state index < -0.39 is 44.5 Å². The van der Waals surface area contributed by atoms with Crippen molar-refractivity contribution < 1.29 is 23.1 Å². The maximum atomic E-state index is 13.1. The molecule has 1 heterocycles. The van der Waals surface area contributed by atoms with Gasteiger partial charge in [-0.2, -0.15) is 5.26 Å². The zero-order valence-electron chi connectivity index (χ0n) is 15.8. The average Bonchev–Trinajstić information content (AvgIpc) is 3.31. The lowest BCUT2D eigenvalue weighted by Gasteiger charge is -2.38. The van der Waals surface area contributed by atoms with E-state index in [-0.39, 0.29) is 36.7 Å². The smallest absolute Gasteiger partial charge is 0.226 e. The number of nitriles is 1. The number of hydrogen-bond donors (Lipinski definition) is 2. The van der Waals surface area contributed by atoms with Gasteiger partial charge in [-0.3, -0.25) is 9.59 Å². The minimum absolute atomic E-state index is 0.0391. The third-order valence-electron chi connectivity index (χ3n) is 6.18. The number of likely N-dealkylation sites (tertiary alicyclic amines) is 1. The van der Waals surface area contributed by atoms with E-state index in [0.717, 1.165) is 0 Å². The number of carbonyl (C=O) groups is 2. The van der Waals surface area contributed by atoms with Crippen LogP contribution in [-0.2, 0) is 19.4 Å². The molecule has 3 fully saturated rings. The predicted molar refractivity (Wildman–Crippen MR) is 102 cm³/mol. The van der Waals surface area contributed by atoms with Crippen molar-refractivity contribution in [3.8, 4) is 6.07 Å². The number of aliphatic hydroxyl groups excluding tert-OH is 1. The molecular formula is C20H23N3O5S. The Hall–Kier alpha value is -2.44. The van der Waals surface area contributed by atoms with E-state index in [4.69, 9.17) is 0 Å². The fraction of sp³-hybridized carbons (Fsp3) is 0.550. The van der Waals surface area contributed by atoms with Crippen LogP contribution in [0.5, 0.6) is 0 Å². The largest absolute Gasteiger partial charge is 0.389 e. The van der Waals surface area contributed by atoms with Gasteiger partial charge in [0.15, 0.2) is 9.84 Å². The van der Waals surface area contributed by atoms with Crippen molar-refractivity contribution in [1.29, 1.82) is 5.26 Å². The van der Waals surface area contributed by atoms with Crippen molar-refractivity contribution in [1.82, 2.24) is 10.2 Å². The Kier molecular flexibility index (Phi) is 4.87. The lowest BCUT2D eigenvalue weighted by Crippen LogP contribution is -2.56. The molecule has 1 aliphatic heterocycles. The number of aliphatic hydroxyl groups is 1. The molecular weight excluding hydrogens is 394 g/mol. The molecule has 0 bridgehead atoms. The minimum atomic E-state index is -3.70. The molecule has 2 N–H and O–H groups in total. The molecule has 29 heavy (non-hydrogen) atoms. The molecule has 3 atom stereocenters. The highest BCUT2D eigenvalue weighted by Crippen LogP contribution is 2.42. The van der Waals surface area contributed by atoms with Gasteiger partial charge in [-0.25, -0.2) is 8.42 Å². The summed E-state index contributed by atoms with van der Waals surface area (Å²) in [7, 11) is -3.70.